The Morgan fingerprint density at radius 2 is 1.74 bits per heavy atom. The van der Waals surface area contributed by atoms with Gasteiger partial charge in [-0.2, -0.15) is 0 Å². The molecule has 1 aliphatic rings. The van der Waals surface area contributed by atoms with E-state index in [1.165, 1.54) is 12.1 Å². The Labute approximate surface area is 163 Å². The van der Waals surface area contributed by atoms with Crippen molar-refractivity contribution in [3.8, 4) is 11.1 Å². The van der Waals surface area contributed by atoms with Gasteiger partial charge in [0.1, 0.15) is 5.82 Å². The molecule has 144 valence electrons. The third kappa shape index (κ3) is 4.57. The molecule has 2 aromatic carbocycles. The zero-order valence-electron chi connectivity index (χ0n) is 14.8. The molecule has 0 radical (unpaired) electrons. The Morgan fingerprint density at radius 3 is 2.41 bits per heavy atom. The van der Waals surface area contributed by atoms with Crippen molar-refractivity contribution in [1.82, 2.24) is 4.72 Å². The number of benzene rings is 2. The van der Waals surface area contributed by atoms with Crippen LogP contribution >= 0.6 is 11.6 Å². The van der Waals surface area contributed by atoms with Crippen molar-refractivity contribution in [2.75, 3.05) is 6.54 Å². The minimum atomic E-state index is -3.61. The summed E-state index contributed by atoms with van der Waals surface area (Å²) in [6, 6.07) is 11.8. The van der Waals surface area contributed by atoms with Crippen LogP contribution in [0.5, 0.6) is 0 Å². The third-order valence-electron chi connectivity index (χ3n) is 4.88. The molecule has 27 heavy (non-hydrogen) atoms. The van der Waals surface area contributed by atoms with E-state index < -0.39 is 33.4 Å². The van der Waals surface area contributed by atoms with Gasteiger partial charge in [-0.1, -0.05) is 61.2 Å². The molecule has 1 N–H and O–H groups in total. The van der Waals surface area contributed by atoms with Crippen LogP contribution in [-0.2, 0) is 10.0 Å². The maximum Gasteiger partial charge on any atom is 0.214 e. The monoisotopic (exact) mass is 409 g/mol. The standard InChI is InChI=1S/C20H21ClFNO3S/c21-20-16(14-7-3-1-4-8-14)11-12-17(22)19(20)18(24)13-23-27(25,26)15-9-5-2-6-10-15/h1,3-4,7-8,11-12,15,23H,2,5-6,9-10,13H2. The Bertz CT molecular complexity index is 926. The van der Waals surface area contributed by atoms with E-state index in [4.69, 9.17) is 11.6 Å². The minimum absolute atomic E-state index is 0.0111. The molecule has 0 atom stereocenters. The smallest absolute Gasteiger partial charge is 0.214 e. The summed E-state index contributed by atoms with van der Waals surface area (Å²) in [4.78, 5) is 12.5. The van der Waals surface area contributed by atoms with Crippen LogP contribution in [-0.4, -0.2) is 26.0 Å². The first kappa shape index (κ1) is 20.0. The van der Waals surface area contributed by atoms with Crippen LogP contribution in [0.25, 0.3) is 11.1 Å². The first-order valence-corrected chi connectivity index (χ1v) is 10.9. The molecule has 0 heterocycles. The highest BCUT2D eigenvalue weighted by molar-refractivity contribution is 7.90. The number of halogens is 2. The van der Waals surface area contributed by atoms with E-state index in [0.29, 0.717) is 18.4 Å². The second-order valence-electron chi connectivity index (χ2n) is 6.70. The fourth-order valence-electron chi connectivity index (χ4n) is 3.40. The number of rotatable bonds is 6. The van der Waals surface area contributed by atoms with Crippen molar-refractivity contribution in [3.05, 3.63) is 58.9 Å². The second-order valence-corrected chi connectivity index (χ2v) is 9.12. The number of hydrogen-bond acceptors (Lipinski definition) is 3. The molecular formula is C20H21ClFNO3S. The molecule has 0 aromatic heterocycles. The SMILES string of the molecule is O=C(CNS(=O)(=O)C1CCCCC1)c1c(F)ccc(-c2ccccc2)c1Cl. The summed E-state index contributed by atoms with van der Waals surface area (Å²) in [7, 11) is -3.61. The molecule has 1 aliphatic carbocycles. The first-order chi connectivity index (χ1) is 12.9. The lowest BCUT2D eigenvalue weighted by Crippen LogP contribution is -2.38. The molecule has 0 amide bonds. The van der Waals surface area contributed by atoms with E-state index in [1.807, 2.05) is 18.2 Å². The summed E-state index contributed by atoms with van der Waals surface area (Å²) < 4.78 is 41.4. The maximum absolute atomic E-state index is 14.3. The van der Waals surface area contributed by atoms with E-state index in [-0.39, 0.29) is 10.6 Å². The summed E-state index contributed by atoms with van der Waals surface area (Å²) >= 11 is 6.30. The lowest BCUT2D eigenvalue weighted by atomic mass is 10.0. The normalized spacial score (nSPS) is 15.6. The van der Waals surface area contributed by atoms with Crippen LogP contribution in [0.4, 0.5) is 4.39 Å². The number of carbonyl (C=O) groups excluding carboxylic acids is 1. The van der Waals surface area contributed by atoms with E-state index >= 15 is 0 Å². The lowest BCUT2D eigenvalue weighted by molar-refractivity contribution is 0.0993. The number of sulfonamides is 1. The molecule has 7 heteroatoms. The highest BCUT2D eigenvalue weighted by atomic mass is 35.5. The van der Waals surface area contributed by atoms with Gasteiger partial charge in [-0.05, 0) is 30.5 Å². The van der Waals surface area contributed by atoms with Gasteiger partial charge in [-0.15, -0.1) is 0 Å². The van der Waals surface area contributed by atoms with Crippen molar-refractivity contribution in [1.29, 1.82) is 0 Å². The summed E-state index contributed by atoms with van der Waals surface area (Å²) in [5.41, 5.74) is 0.987. The Kier molecular flexibility index (Phi) is 6.29. The van der Waals surface area contributed by atoms with Crippen LogP contribution < -0.4 is 4.72 Å². The molecule has 0 spiro atoms. The van der Waals surface area contributed by atoms with Crippen LogP contribution in [0.1, 0.15) is 42.5 Å². The van der Waals surface area contributed by atoms with E-state index in [9.17, 15) is 17.6 Å². The number of carbonyl (C=O) groups is 1. The van der Waals surface area contributed by atoms with Gasteiger partial charge in [0, 0.05) is 5.56 Å². The summed E-state index contributed by atoms with van der Waals surface area (Å²) in [6.07, 6.45) is 3.92. The Hall–Kier alpha value is -1.76. The van der Waals surface area contributed by atoms with Crippen LogP contribution in [0, 0.1) is 5.82 Å². The van der Waals surface area contributed by atoms with Gasteiger partial charge in [0.05, 0.1) is 22.4 Å². The third-order valence-corrected chi connectivity index (χ3v) is 7.17. The van der Waals surface area contributed by atoms with Gasteiger partial charge in [0.25, 0.3) is 0 Å². The molecular weight excluding hydrogens is 389 g/mol. The Balaban J connectivity index is 1.80. The lowest BCUT2D eigenvalue weighted by Gasteiger charge is -2.21. The molecule has 4 nitrogen and oxygen atoms in total. The average molecular weight is 410 g/mol. The summed E-state index contributed by atoms with van der Waals surface area (Å²) in [5, 5.41) is -0.502. The number of ketones is 1. The molecule has 0 bridgehead atoms. The average Bonchev–Trinajstić information content (AvgIpc) is 2.68. The molecule has 2 aromatic rings. The number of nitrogens with one attached hydrogen (secondary N) is 1. The zero-order chi connectivity index (χ0) is 19.4. The topological polar surface area (TPSA) is 63.2 Å². The number of Topliss-reactive ketones (excluding diaryl/α,β-unsaturated/α-hetero) is 1. The molecule has 1 saturated carbocycles. The van der Waals surface area contributed by atoms with E-state index in [2.05, 4.69) is 4.72 Å². The highest BCUT2D eigenvalue weighted by Gasteiger charge is 2.28. The first-order valence-electron chi connectivity index (χ1n) is 8.95. The fraction of sp³-hybridized carbons (Fsp3) is 0.350. The molecule has 0 saturated heterocycles. The van der Waals surface area contributed by atoms with Crippen molar-refractivity contribution in [2.45, 2.75) is 37.4 Å². The van der Waals surface area contributed by atoms with Crippen molar-refractivity contribution < 1.29 is 17.6 Å². The maximum atomic E-state index is 14.3. The van der Waals surface area contributed by atoms with E-state index in [1.54, 1.807) is 12.1 Å². The van der Waals surface area contributed by atoms with Gasteiger partial charge >= 0.3 is 0 Å². The summed E-state index contributed by atoms with van der Waals surface area (Å²) in [6.45, 7) is -0.506. The van der Waals surface area contributed by atoms with Gasteiger partial charge in [0.15, 0.2) is 5.78 Å². The van der Waals surface area contributed by atoms with Gasteiger partial charge in [0.2, 0.25) is 10.0 Å². The zero-order valence-corrected chi connectivity index (χ0v) is 16.3. The van der Waals surface area contributed by atoms with Crippen LogP contribution in [0.2, 0.25) is 5.02 Å². The quantitative estimate of drug-likeness (QED) is 0.710. The van der Waals surface area contributed by atoms with Crippen molar-refractivity contribution in [3.63, 3.8) is 0 Å². The van der Waals surface area contributed by atoms with E-state index in [0.717, 1.165) is 24.8 Å². The van der Waals surface area contributed by atoms with Crippen molar-refractivity contribution >= 4 is 27.4 Å². The predicted molar refractivity (Wildman–Crippen MR) is 105 cm³/mol. The summed E-state index contributed by atoms with van der Waals surface area (Å²) in [5.74, 6) is -1.45. The van der Waals surface area contributed by atoms with Crippen LogP contribution in [0.3, 0.4) is 0 Å². The predicted octanol–water partition coefficient (Wildman–Crippen LogP) is 4.58. The fourth-order valence-corrected chi connectivity index (χ4v) is 5.29. The minimum Gasteiger partial charge on any atom is -0.293 e. The van der Waals surface area contributed by atoms with Crippen LogP contribution in [0.15, 0.2) is 42.5 Å². The second kappa shape index (κ2) is 8.50. The molecule has 1 fully saturated rings. The van der Waals surface area contributed by atoms with Gasteiger partial charge < -0.3 is 0 Å². The van der Waals surface area contributed by atoms with Crippen molar-refractivity contribution in [2.24, 2.45) is 0 Å². The van der Waals surface area contributed by atoms with Gasteiger partial charge in [-0.25, -0.2) is 17.5 Å². The Morgan fingerprint density at radius 1 is 1.07 bits per heavy atom. The van der Waals surface area contributed by atoms with Gasteiger partial charge in [-0.3, -0.25) is 4.79 Å². The molecule has 0 unspecified atom stereocenters. The molecule has 3 rings (SSSR count). The number of hydrogen-bond donors (Lipinski definition) is 1. The highest BCUT2D eigenvalue weighted by Crippen LogP contribution is 2.32. The largest absolute Gasteiger partial charge is 0.293 e. The molecule has 0 aliphatic heterocycles.